The van der Waals surface area contributed by atoms with Crippen LogP contribution in [-0.4, -0.2) is 69.5 Å². The number of aliphatic hydroxyl groups is 3. The van der Waals surface area contributed by atoms with Crippen LogP contribution in [0.1, 0.15) is 18.2 Å². The van der Waals surface area contributed by atoms with Crippen LogP contribution in [0.25, 0.3) is 22.6 Å². The van der Waals surface area contributed by atoms with Crippen molar-refractivity contribution in [3.8, 4) is 11.4 Å². The molecule has 0 radical (unpaired) electrons. The van der Waals surface area contributed by atoms with Crippen LogP contribution >= 0.6 is 0 Å². The van der Waals surface area contributed by atoms with Crippen molar-refractivity contribution in [1.29, 1.82) is 0 Å². The maximum absolute atomic E-state index is 10.4. The second kappa shape index (κ2) is 8.87. The van der Waals surface area contributed by atoms with Crippen LogP contribution < -0.4 is 5.73 Å². The van der Waals surface area contributed by atoms with Crippen molar-refractivity contribution in [2.45, 2.75) is 43.9 Å². The zero-order chi connectivity index (χ0) is 22.9. The summed E-state index contributed by atoms with van der Waals surface area (Å²) >= 11 is 0. The van der Waals surface area contributed by atoms with Crippen LogP contribution in [0, 0.1) is 0 Å². The average molecular weight is 451 g/mol. The van der Waals surface area contributed by atoms with Crippen LogP contribution in [-0.2, 0) is 17.7 Å². The number of aryl methyl sites for hydroxylation is 2. The average Bonchev–Trinajstić information content (AvgIpc) is 3.53. The number of nitrogen functional groups attached to an aromatic ring is 1. The quantitative estimate of drug-likeness (QED) is 0.314. The molecule has 0 aliphatic carbocycles. The fraction of sp³-hybridized carbons (Fsp3) is 0.364. The van der Waals surface area contributed by atoms with Crippen LogP contribution in [0.2, 0.25) is 0 Å². The molecule has 4 aromatic rings. The Balaban J connectivity index is 1.38. The van der Waals surface area contributed by atoms with E-state index in [1.54, 1.807) is 6.20 Å². The Labute approximate surface area is 189 Å². The molecule has 1 saturated heterocycles. The number of anilines is 1. The van der Waals surface area contributed by atoms with Gasteiger partial charge in [-0.15, -0.1) is 0 Å². The number of aliphatic hydroxyl groups excluding tert-OH is 3. The molecule has 5 N–H and O–H groups in total. The van der Waals surface area contributed by atoms with E-state index in [0.29, 0.717) is 22.6 Å². The lowest BCUT2D eigenvalue weighted by Crippen LogP contribution is -2.33. The molecule has 3 aromatic heterocycles. The summed E-state index contributed by atoms with van der Waals surface area (Å²) < 4.78 is 8.94. The predicted molar refractivity (Wildman–Crippen MR) is 119 cm³/mol. The topological polar surface area (TPSA) is 157 Å². The molecular formula is C22H25N7O4. The van der Waals surface area contributed by atoms with Crippen molar-refractivity contribution >= 4 is 17.0 Å². The van der Waals surface area contributed by atoms with Gasteiger partial charge in [0.1, 0.15) is 23.8 Å². The first kappa shape index (κ1) is 21.5. The van der Waals surface area contributed by atoms with Gasteiger partial charge in [0.25, 0.3) is 0 Å². The third-order valence-corrected chi connectivity index (χ3v) is 5.83. The van der Waals surface area contributed by atoms with E-state index in [2.05, 4.69) is 32.2 Å². The lowest BCUT2D eigenvalue weighted by molar-refractivity contribution is -0.0511. The molecule has 0 amide bonds. The molecular weight excluding hydrogens is 426 g/mol. The number of hydrogen-bond acceptors (Lipinski definition) is 9. The first-order valence-electron chi connectivity index (χ1n) is 10.7. The molecule has 33 heavy (non-hydrogen) atoms. The molecule has 1 fully saturated rings. The highest BCUT2D eigenvalue weighted by Gasteiger charge is 2.44. The number of aromatic nitrogens is 6. The Hall–Kier alpha value is -3.38. The molecule has 1 aliphatic heterocycles. The number of hydrogen-bond donors (Lipinski definition) is 4. The molecule has 172 valence electrons. The number of imidazole rings is 1. The predicted octanol–water partition coefficient (Wildman–Crippen LogP) is 0.516. The second-order valence-corrected chi connectivity index (χ2v) is 8.07. The van der Waals surface area contributed by atoms with Crippen LogP contribution in [0.4, 0.5) is 5.82 Å². The number of nitrogens with zero attached hydrogens (tertiary/aromatic N) is 6. The van der Waals surface area contributed by atoms with Gasteiger partial charge in [-0.1, -0.05) is 30.3 Å². The summed E-state index contributed by atoms with van der Waals surface area (Å²) in [5.74, 6) is 0.542. The molecule has 0 saturated carbocycles. The molecule has 5 rings (SSSR count). The minimum Gasteiger partial charge on any atom is -0.394 e. The fourth-order valence-corrected chi connectivity index (χ4v) is 4.05. The molecule has 1 unspecified atom stereocenters. The number of ether oxygens (including phenoxy) is 1. The maximum atomic E-state index is 10.4. The third-order valence-electron chi connectivity index (χ3n) is 5.83. The molecule has 4 atom stereocenters. The van der Waals surface area contributed by atoms with Gasteiger partial charge in [0.05, 0.1) is 24.7 Å². The summed E-state index contributed by atoms with van der Waals surface area (Å²) in [6.07, 6.45) is 2.49. The summed E-state index contributed by atoms with van der Waals surface area (Å²) in [6, 6.07) is 10.3. The van der Waals surface area contributed by atoms with Crippen molar-refractivity contribution in [3.63, 3.8) is 0 Å². The first-order chi connectivity index (χ1) is 16.0. The summed E-state index contributed by atoms with van der Waals surface area (Å²) in [6.45, 7) is 0.320. The molecule has 1 aromatic carbocycles. The van der Waals surface area contributed by atoms with E-state index in [9.17, 15) is 15.3 Å². The van der Waals surface area contributed by atoms with E-state index >= 15 is 0 Å². The van der Waals surface area contributed by atoms with E-state index < -0.39 is 31.1 Å². The molecule has 0 bridgehead atoms. The molecule has 1 aliphatic rings. The third kappa shape index (κ3) is 4.07. The molecule has 11 heteroatoms. The highest BCUT2D eigenvalue weighted by Crippen LogP contribution is 2.32. The summed E-state index contributed by atoms with van der Waals surface area (Å²) in [5.41, 5.74) is 8.80. The number of benzene rings is 1. The van der Waals surface area contributed by atoms with Crippen molar-refractivity contribution in [2.75, 3.05) is 12.3 Å². The lowest BCUT2D eigenvalue weighted by atomic mass is 10.1. The normalized spacial score (nSPS) is 22.9. The van der Waals surface area contributed by atoms with Gasteiger partial charge in [0.2, 0.25) is 0 Å². The van der Waals surface area contributed by atoms with Gasteiger partial charge in [0.15, 0.2) is 23.5 Å². The van der Waals surface area contributed by atoms with Gasteiger partial charge in [-0.3, -0.25) is 9.25 Å². The summed E-state index contributed by atoms with van der Waals surface area (Å²) in [4.78, 5) is 13.2. The number of nitrogens with two attached hydrogens (primary N) is 1. The summed E-state index contributed by atoms with van der Waals surface area (Å²) in [5, 5.41) is 34.3. The van der Waals surface area contributed by atoms with Gasteiger partial charge in [-0.25, -0.2) is 15.0 Å². The zero-order valence-electron chi connectivity index (χ0n) is 17.8. The van der Waals surface area contributed by atoms with Crippen molar-refractivity contribution in [1.82, 2.24) is 29.3 Å². The van der Waals surface area contributed by atoms with Gasteiger partial charge in [0, 0.05) is 12.7 Å². The van der Waals surface area contributed by atoms with Crippen LogP contribution in [0.3, 0.4) is 0 Å². The van der Waals surface area contributed by atoms with Crippen molar-refractivity contribution < 1.29 is 20.1 Å². The zero-order valence-corrected chi connectivity index (χ0v) is 17.8. The van der Waals surface area contributed by atoms with Gasteiger partial charge in [-0.2, -0.15) is 5.10 Å². The van der Waals surface area contributed by atoms with Crippen LogP contribution in [0.5, 0.6) is 0 Å². The number of rotatable bonds is 7. The highest BCUT2D eigenvalue weighted by atomic mass is 16.6. The van der Waals surface area contributed by atoms with E-state index in [-0.39, 0.29) is 5.82 Å². The maximum Gasteiger partial charge on any atom is 0.168 e. The smallest absolute Gasteiger partial charge is 0.168 e. The molecule has 0 spiro atoms. The fourth-order valence-electron chi connectivity index (χ4n) is 4.05. The SMILES string of the molecule is Nc1nc(-c2cnn(CCCc3ccccc3)c2)nc2c1ncn2C1O[C@@H](CO)[C@H](O)[C@@H]1O. The van der Waals surface area contributed by atoms with Crippen molar-refractivity contribution in [3.05, 3.63) is 54.6 Å². The van der Waals surface area contributed by atoms with E-state index in [4.69, 9.17) is 10.5 Å². The first-order valence-corrected chi connectivity index (χ1v) is 10.7. The highest BCUT2D eigenvalue weighted by molar-refractivity contribution is 5.83. The Morgan fingerprint density at radius 3 is 2.67 bits per heavy atom. The standard InChI is InChI=1S/C22H25N7O4/c23-19-16-21(29(12-24-16)22-18(32)17(31)15(11-30)33-22)27-20(26-19)14-9-25-28(10-14)8-4-7-13-5-2-1-3-6-13/h1-3,5-6,9-10,12,15,17-18,22,30-32H,4,7-8,11H2,(H2,23,26,27)/t15-,17-,18-,22?/m0/s1. The Bertz CT molecular complexity index is 1240. The van der Waals surface area contributed by atoms with E-state index in [1.165, 1.54) is 16.5 Å². The Morgan fingerprint density at radius 2 is 1.91 bits per heavy atom. The number of fused-ring (bicyclic) bond motifs is 1. The van der Waals surface area contributed by atoms with Gasteiger partial charge in [-0.05, 0) is 18.4 Å². The lowest BCUT2D eigenvalue weighted by Gasteiger charge is -2.16. The molecule has 4 heterocycles. The Morgan fingerprint density at radius 1 is 1.09 bits per heavy atom. The largest absolute Gasteiger partial charge is 0.394 e. The van der Waals surface area contributed by atoms with Crippen molar-refractivity contribution in [2.24, 2.45) is 0 Å². The monoisotopic (exact) mass is 451 g/mol. The van der Waals surface area contributed by atoms with E-state index in [0.717, 1.165) is 19.4 Å². The van der Waals surface area contributed by atoms with Gasteiger partial charge >= 0.3 is 0 Å². The minimum atomic E-state index is -1.26. The Kier molecular flexibility index (Phi) is 5.77. The van der Waals surface area contributed by atoms with Gasteiger partial charge < -0.3 is 25.8 Å². The van der Waals surface area contributed by atoms with Crippen LogP contribution in [0.15, 0.2) is 49.1 Å². The molecule has 11 nitrogen and oxygen atoms in total. The minimum absolute atomic E-state index is 0.178. The van der Waals surface area contributed by atoms with E-state index in [1.807, 2.05) is 29.1 Å². The second-order valence-electron chi connectivity index (χ2n) is 8.07. The summed E-state index contributed by atoms with van der Waals surface area (Å²) in [7, 11) is 0.